The van der Waals surface area contributed by atoms with Crippen LogP contribution >= 0.6 is 0 Å². The zero-order chi connectivity index (χ0) is 21.8. The van der Waals surface area contributed by atoms with E-state index in [0.29, 0.717) is 43.3 Å². The monoisotopic (exact) mass is 438 g/mol. The molecule has 4 rings (SSSR count). The van der Waals surface area contributed by atoms with Gasteiger partial charge in [0.15, 0.2) is 5.69 Å². The molecule has 3 aromatic rings. The van der Waals surface area contributed by atoms with Crippen molar-refractivity contribution < 1.29 is 13.3 Å². The Balaban J connectivity index is 1.51. The van der Waals surface area contributed by atoms with Crippen LogP contribution in [0.3, 0.4) is 0 Å². The molecule has 1 aliphatic rings. The number of rotatable bonds is 6. The minimum atomic E-state index is -3.41. The van der Waals surface area contributed by atoms with E-state index in [2.05, 4.69) is 4.98 Å². The van der Waals surface area contributed by atoms with E-state index in [1.54, 1.807) is 30.3 Å². The van der Waals surface area contributed by atoms with Crippen LogP contribution in [0, 0.1) is 10.1 Å². The molecule has 0 bridgehead atoms. The Kier molecular flexibility index (Phi) is 5.97. The summed E-state index contributed by atoms with van der Waals surface area (Å²) < 4.78 is 27.0. The Bertz CT molecular complexity index is 1160. The molecular weight excluding hydrogens is 416 g/mol. The third kappa shape index (κ3) is 4.73. The second-order valence-electron chi connectivity index (χ2n) is 7.29. The van der Waals surface area contributed by atoms with E-state index in [4.69, 9.17) is 0 Å². The van der Waals surface area contributed by atoms with E-state index in [1.165, 1.54) is 10.4 Å². The summed E-state index contributed by atoms with van der Waals surface area (Å²) >= 11 is 0. The maximum atomic E-state index is 12.8. The first-order valence-corrected chi connectivity index (χ1v) is 11.5. The van der Waals surface area contributed by atoms with Gasteiger partial charge in [0.2, 0.25) is 10.0 Å². The molecular formula is C22H22N4O4S. The summed E-state index contributed by atoms with van der Waals surface area (Å²) in [6.07, 6.45) is 0. The van der Waals surface area contributed by atoms with Crippen molar-refractivity contribution in [3.8, 4) is 11.3 Å². The normalized spacial score (nSPS) is 15.0. The molecule has 2 aromatic carbocycles. The molecule has 0 N–H and O–H groups in total. The van der Waals surface area contributed by atoms with Crippen LogP contribution in [0.1, 0.15) is 5.56 Å². The highest BCUT2D eigenvalue weighted by molar-refractivity contribution is 7.88. The van der Waals surface area contributed by atoms with Gasteiger partial charge in [0.05, 0.1) is 10.7 Å². The molecule has 0 radical (unpaired) electrons. The van der Waals surface area contributed by atoms with E-state index in [1.807, 2.05) is 41.3 Å². The first kappa shape index (κ1) is 21.0. The minimum Gasteiger partial charge on any atom is -0.354 e. The summed E-state index contributed by atoms with van der Waals surface area (Å²) in [6, 6.07) is 21.2. The second-order valence-corrected chi connectivity index (χ2v) is 9.26. The van der Waals surface area contributed by atoms with E-state index < -0.39 is 14.9 Å². The van der Waals surface area contributed by atoms with Crippen molar-refractivity contribution in [3.05, 3.63) is 88.5 Å². The SMILES string of the molecule is O=[N+]([O-])c1ccc(N2CCN(S(=O)(=O)Cc3ccccc3)CC2)nc1-c1ccccc1. The van der Waals surface area contributed by atoms with Gasteiger partial charge in [-0.25, -0.2) is 13.4 Å². The van der Waals surface area contributed by atoms with Crippen LogP contribution in [0.15, 0.2) is 72.8 Å². The van der Waals surface area contributed by atoms with Gasteiger partial charge in [-0.2, -0.15) is 4.31 Å². The lowest BCUT2D eigenvalue weighted by Crippen LogP contribution is -2.49. The van der Waals surface area contributed by atoms with Crippen LogP contribution in [0.4, 0.5) is 11.5 Å². The molecule has 0 atom stereocenters. The average molecular weight is 439 g/mol. The van der Waals surface area contributed by atoms with E-state index >= 15 is 0 Å². The minimum absolute atomic E-state index is 0.0260. The van der Waals surface area contributed by atoms with Crippen molar-refractivity contribution in [1.29, 1.82) is 0 Å². The smallest absolute Gasteiger partial charge is 0.295 e. The Morgan fingerprint density at radius 3 is 2.10 bits per heavy atom. The molecule has 1 aromatic heterocycles. The van der Waals surface area contributed by atoms with E-state index in [0.717, 1.165) is 5.56 Å². The number of nitro groups is 1. The molecule has 0 amide bonds. The van der Waals surface area contributed by atoms with Gasteiger partial charge in [0.25, 0.3) is 5.69 Å². The fourth-order valence-corrected chi connectivity index (χ4v) is 5.16. The lowest BCUT2D eigenvalue weighted by Gasteiger charge is -2.34. The van der Waals surface area contributed by atoms with Crippen molar-refractivity contribution in [2.75, 3.05) is 31.1 Å². The van der Waals surface area contributed by atoms with E-state index in [-0.39, 0.29) is 11.4 Å². The van der Waals surface area contributed by atoms with Crippen molar-refractivity contribution in [3.63, 3.8) is 0 Å². The predicted octanol–water partition coefficient (Wildman–Crippen LogP) is 3.31. The maximum absolute atomic E-state index is 12.8. The third-order valence-electron chi connectivity index (χ3n) is 5.25. The zero-order valence-corrected chi connectivity index (χ0v) is 17.6. The third-order valence-corrected chi connectivity index (χ3v) is 7.10. The van der Waals surface area contributed by atoms with Gasteiger partial charge >= 0.3 is 0 Å². The van der Waals surface area contributed by atoms with Gasteiger partial charge in [0.1, 0.15) is 5.82 Å². The fourth-order valence-electron chi connectivity index (χ4n) is 3.64. The lowest BCUT2D eigenvalue weighted by atomic mass is 10.1. The molecule has 1 aliphatic heterocycles. The predicted molar refractivity (Wildman–Crippen MR) is 119 cm³/mol. The van der Waals surface area contributed by atoms with Gasteiger partial charge in [-0.15, -0.1) is 0 Å². The first-order valence-electron chi connectivity index (χ1n) is 9.91. The average Bonchev–Trinajstić information content (AvgIpc) is 2.80. The van der Waals surface area contributed by atoms with Crippen LogP contribution in [0.25, 0.3) is 11.3 Å². The highest BCUT2D eigenvalue weighted by atomic mass is 32.2. The number of benzene rings is 2. The van der Waals surface area contributed by atoms with Crippen molar-refractivity contribution in [1.82, 2.24) is 9.29 Å². The summed E-state index contributed by atoms with van der Waals surface area (Å²) in [5.41, 5.74) is 1.68. The lowest BCUT2D eigenvalue weighted by molar-refractivity contribution is -0.384. The molecule has 0 unspecified atom stereocenters. The number of sulfonamides is 1. The van der Waals surface area contributed by atoms with Crippen molar-refractivity contribution >= 4 is 21.5 Å². The van der Waals surface area contributed by atoms with Gasteiger partial charge in [-0.3, -0.25) is 10.1 Å². The molecule has 1 fully saturated rings. The number of aromatic nitrogens is 1. The standard InChI is InChI=1S/C22H22N4O4S/c27-26(28)20-11-12-21(23-22(20)19-9-5-2-6-10-19)24-13-15-25(16-14-24)31(29,30)17-18-7-3-1-4-8-18/h1-12H,13-17H2. The highest BCUT2D eigenvalue weighted by Crippen LogP contribution is 2.30. The summed E-state index contributed by atoms with van der Waals surface area (Å²) in [4.78, 5) is 17.5. The topological polar surface area (TPSA) is 96.6 Å². The number of anilines is 1. The molecule has 2 heterocycles. The second kappa shape index (κ2) is 8.83. The Hall–Kier alpha value is -3.30. The number of piperazine rings is 1. The summed E-state index contributed by atoms with van der Waals surface area (Å²) in [5.74, 6) is 0.575. The zero-order valence-electron chi connectivity index (χ0n) is 16.8. The molecule has 160 valence electrons. The number of hydrogen-bond donors (Lipinski definition) is 0. The molecule has 8 nitrogen and oxygen atoms in total. The molecule has 9 heteroatoms. The van der Waals surface area contributed by atoms with Crippen LogP contribution in [-0.4, -0.2) is 48.8 Å². The quantitative estimate of drug-likeness (QED) is 0.433. The van der Waals surface area contributed by atoms with Gasteiger partial charge in [-0.1, -0.05) is 60.7 Å². The van der Waals surface area contributed by atoms with Crippen LogP contribution < -0.4 is 4.90 Å². The fraction of sp³-hybridized carbons (Fsp3) is 0.227. The highest BCUT2D eigenvalue weighted by Gasteiger charge is 2.28. The Morgan fingerprint density at radius 1 is 0.871 bits per heavy atom. The van der Waals surface area contributed by atoms with E-state index in [9.17, 15) is 18.5 Å². The number of nitrogens with zero attached hydrogens (tertiary/aromatic N) is 4. The van der Waals surface area contributed by atoms with Gasteiger partial charge in [0, 0.05) is 37.8 Å². The molecule has 0 spiro atoms. The first-order chi connectivity index (χ1) is 14.9. The number of pyridine rings is 1. The molecule has 0 aliphatic carbocycles. The van der Waals surface area contributed by atoms with Gasteiger partial charge < -0.3 is 4.90 Å². The summed E-state index contributed by atoms with van der Waals surface area (Å²) in [5, 5.41) is 11.5. The molecule has 31 heavy (non-hydrogen) atoms. The van der Waals surface area contributed by atoms with Crippen LogP contribution in [0.5, 0.6) is 0 Å². The maximum Gasteiger partial charge on any atom is 0.295 e. The Labute approximate surface area is 181 Å². The largest absolute Gasteiger partial charge is 0.354 e. The Morgan fingerprint density at radius 2 is 1.48 bits per heavy atom. The van der Waals surface area contributed by atoms with Crippen molar-refractivity contribution in [2.45, 2.75) is 5.75 Å². The van der Waals surface area contributed by atoms with Gasteiger partial charge in [-0.05, 0) is 11.6 Å². The molecule has 1 saturated heterocycles. The van der Waals surface area contributed by atoms with Crippen LogP contribution in [-0.2, 0) is 15.8 Å². The number of hydrogen-bond acceptors (Lipinski definition) is 6. The molecule has 0 saturated carbocycles. The van der Waals surface area contributed by atoms with Crippen molar-refractivity contribution in [2.24, 2.45) is 0 Å². The summed E-state index contributed by atoms with van der Waals surface area (Å²) in [7, 11) is -3.41. The summed E-state index contributed by atoms with van der Waals surface area (Å²) in [6.45, 7) is 1.61. The van der Waals surface area contributed by atoms with Crippen LogP contribution in [0.2, 0.25) is 0 Å².